The van der Waals surface area contributed by atoms with Gasteiger partial charge in [-0.2, -0.15) is 0 Å². The van der Waals surface area contributed by atoms with Crippen LogP contribution in [0.25, 0.3) is 11.1 Å². The Morgan fingerprint density at radius 1 is 0.957 bits per heavy atom. The third kappa shape index (κ3) is 3.97. The van der Waals surface area contributed by atoms with Gasteiger partial charge in [0.25, 0.3) is 5.91 Å². The van der Waals surface area contributed by atoms with Gasteiger partial charge in [-0.1, -0.05) is 18.1 Å². The fourth-order valence-corrected chi connectivity index (χ4v) is 2.50. The van der Waals surface area contributed by atoms with E-state index in [2.05, 4.69) is 28.8 Å². The van der Waals surface area contributed by atoms with E-state index in [1.54, 1.807) is 12.4 Å². The Morgan fingerprint density at radius 3 is 2.22 bits per heavy atom. The van der Waals surface area contributed by atoms with Gasteiger partial charge in [-0.3, -0.25) is 9.78 Å². The predicted molar refractivity (Wildman–Crippen MR) is 90.6 cm³/mol. The van der Waals surface area contributed by atoms with Crippen molar-refractivity contribution in [1.29, 1.82) is 0 Å². The third-order valence-electron chi connectivity index (χ3n) is 4.00. The molecule has 4 nitrogen and oxygen atoms in total. The molecular formula is C19H19N3O. The summed E-state index contributed by atoms with van der Waals surface area (Å²) in [6.45, 7) is 3.33. The smallest absolute Gasteiger partial charge is 0.298 e. The minimum Gasteiger partial charge on any atom is -0.329 e. The van der Waals surface area contributed by atoms with Crippen molar-refractivity contribution in [3.8, 4) is 23.0 Å². The summed E-state index contributed by atoms with van der Waals surface area (Å²) in [5, 5.41) is 0. The molecule has 0 saturated carbocycles. The summed E-state index contributed by atoms with van der Waals surface area (Å²) in [7, 11) is 2.07. The van der Waals surface area contributed by atoms with Crippen LogP contribution in [0.15, 0.2) is 48.8 Å². The lowest BCUT2D eigenvalue weighted by Crippen LogP contribution is -2.46. The first-order chi connectivity index (χ1) is 11.2. The number of rotatable bonds is 1. The molecule has 1 aromatic heterocycles. The summed E-state index contributed by atoms with van der Waals surface area (Å²) in [5.41, 5.74) is 3.08. The molecule has 1 aromatic carbocycles. The van der Waals surface area contributed by atoms with Crippen LogP contribution >= 0.6 is 0 Å². The zero-order valence-electron chi connectivity index (χ0n) is 13.2. The Kier molecular flexibility index (Phi) is 4.70. The molecule has 1 aliphatic heterocycles. The number of nitrogens with zero attached hydrogens (tertiary/aromatic N) is 3. The van der Waals surface area contributed by atoms with Crippen LogP contribution in [-0.2, 0) is 4.79 Å². The standard InChI is InChI=1S/C19H19N3O/c1-21-12-14-22(15-13-21)19(23)7-4-16-2-5-17(6-3-16)18-8-10-20-11-9-18/h2-3,5-6,8-11H,12-15H2,1H3. The number of pyridine rings is 1. The van der Waals surface area contributed by atoms with E-state index in [1.165, 1.54) is 0 Å². The number of hydrogen-bond donors (Lipinski definition) is 0. The SMILES string of the molecule is CN1CCN(C(=O)C#Cc2ccc(-c3ccncc3)cc2)CC1. The number of aromatic nitrogens is 1. The number of benzene rings is 1. The molecule has 116 valence electrons. The van der Waals surface area contributed by atoms with Crippen molar-refractivity contribution in [2.75, 3.05) is 33.2 Å². The van der Waals surface area contributed by atoms with Gasteiger partial charge in [0.15, 0.2) is 0 Å². The summed E-state index contributed by atoms with van der Waals surface area (Å²) >= 11 is 0. The average molecular weight is 305 g/mol. The van der Waals surface area contributed by atoms with E-state index in [0.717, 1.165) is 42.9 Å². The molecule has 1 aliphatic rings. The van der Waals surface area contributed by atoms with Crippen LogP contribution < -0.4 is 0 Å². The predicted octanol–water partition coefficient (Wildman–Crippen LogP) is 1.87. The number of piperazine rings is 1. The van der Waals surface area contributed by atoms with Gasteiger partial charge in [0.1, 0.15) is 0 Å². The van der Waals surface area contributed by atoms with Gasteiger partial charge < -0.3 is 9.80 Å². The molecular weight excluding hydrogens is 286 g/mol. The van der Waals surface area contributed by atoms with Crippen molar-refractivity contribution in [1.82, 2.24) is 14.8 Å². The quantitative estimate of drug-likeness (QED) is 0.755. The lowest BCUT2D eigenvalue weighted by Gasteiger charge is -2.30. The van der Waals surface area contributed by atoms with Crippen molar-refractivity contribution in [3.05, 3.63) is 54.4 Å². The highest BCUT2D eigenvalue weighted by Crippen LogP contribution is 2.18. The van der Waals surface area contributed by atoms with E-state index in [1.807, 2.05) is 41.3 Å². The number of carbonyl (C=O) groups is 1. The monoisotopic (exact) mass is 305 g/mol. The van der Waals surface area contributed by atoms with Crippen LogP contribution in [0.1, 0.15) is 5.56 Å². The topological polar surface area (TPSA) is 36.4 Å². The summed E-state index contributed by atoms with van der Waals surface area (Å²) in [6.07, 6.45) is 3.55. The zero-order valence-corrected chi connectivity index (χ0v) is 13.2. The molecule has 4 heteroatoms. The van der Waals surface area contributed by atoms with Crippen LogP contribution in [0, 0.1) is 11.8 Å². The summed E-state index contributed by atoms with van der Waals surface area (Å²) < 4.78 is 0. The fraction of sp³-hybridized carbons (Fsp3) is 0.263. The normalized spacial score (nSPS) is 14.9. The summed E-state index contributed by atoms with van der Waals surface area (Å²) in [5.74, 6) is 5.63. The van der Waals surface area contributed by atoms with Crippen LogP contribution in [0.3, 0.4) is 0 Å². The van der Waals surface area contributed by atoms with Gasteiger partial charge in [-0.15, -0.1) is 0 Å². The van der Waals surface area contributed by atoms with E-state index in [4.69, 9.17) is 0 Å². The van der Waals surface area contributed by atoms with E-state index < -0.39 is 0 Å². The van der Waals surface area contributed by atoms with E-state index >= 15 is 0 Å². The zero-order chi connectivity index (χ0) is 16.1. The number of carbonyl (C=O) groups excluding carboxylic acids is 1. The summed E-state index contributed by atoms with van der Waals surface area (Å²) in [4.78, 5) is 20.1. The van der Waals surface area contributed by atoms with Crippen molar-refractivity contribution in [2.24, 2.45) is 0 Å². The third-order valence-corrected chi connectivity index (χ3v) is 4.00. The average Bonchev–Trinajstić information content (AvgIpc) is 2.61. The number of hydrogen-bond acceptors (Lipinski definition) is 3. The molecule has 0 unspecified atom stereocenters. The van der Waals surface area contributed by atoms with Crippen LogP contribution in [-0.4, -0.2) is 53.9 Å². The van der Waals surface area contributed by atoms with Crippen LogP contribution in [0.5, 0.6) is 0 Å². The van der Waals surface area contributed by atoms with Gasteiger partial charge in [-0.05, 0) is 42.4 Å². The fourth-order valence-electron chi connectivity index (χ4n) is 2.50. The minimum absolute atomic E-state index is 0.0867. The highest BCUT2D eigenvalue weighted by Gasteiger charge is 2.17. The van der Waals surface area contributed by atoms with Crippen LogP contribution in [0.4, 0.5) is 0 Å². The lowest BCUT2D eigenvalue weighted by atomic mass is 10.1. The van der Waals surface area contributed by atoms with Crippen molar-refractivity contribution in [3.63, 3.8) is 0 Å². The van der Waals surface area contributed by atoms with Gasteiger partial charge in [-0.25, -0.2) is 0 Å². The van der Waals surface area contributed by atoms with Crippen LogP contribution in [0.2, 0.25) is 0 Å². The van der Waals surface area contributed by atoms with Gasteiger partial charge in [0.2, 0.25) is 0 Å². The van der Waals surface area contributed by atoms with Gasteiger partial charge in [0.05, 0.1) is 0 Å². The molecule has 2 aromatic rings. The molecule has 0 bridgehead atoms. The van der Waals surface area contributed by atoms with Crippen molar-refractivity contribution in [2.45, 2.75) is 0 Å². The van der Waals surface area contributed by atoms with E-state index in [-0.39, 0.29) is 5.91 Å². The molecule has 3 rings (SSSR count). The van der Waals surface area contributed by atoms with Crippen molar-refractivity contribution < 1.29 is 4.79 Å². The highest BCUT2D eigenvalue weighted by molar-refractivity contribution is 5.94. The van der Waals surface area contributed by atoms with Crippen molar-refractivity contribution >= 4 is 5.91 Å². The molecule has 1 amide bonds. The minimum atomic E-state index is -0.0867. The Labute approximate surface area is 136 Å². The highest BCUT2D eigenvalue weighted by atomic mass is 16.2. The maximum atomic E-state index is 12.1. The second kappa shape index (κ2) is 7.08. The molecule has 0 spiro atoms. The molecule has 0 N–H and O–H groups in total. The Morgan fingerprint density at radius 2 is 1.57 bits per heavy atom. The van der Waals surface area contributed by atoms with E-state index in [0.29, 0.717) is 0 Å². The van der Waals surface area contributed by atoms with Gasteiger partial charge >= 0.3 is 0 Å². The Hall–Kier alpha value is -2.64. The molecule has 1 fully saturated rings. The number of likely N-dealkylation sites (N-methyl/N-ethyl adjacent to an activating group) is 1. The first-order valence-electron chi connectivity index (χ1n) is 7.72. The molecule has 0 atom stereocenters. The lowest BCUT2D eigenvalue weighted by molar-refractivity contribution is -0.126. The summed E-state index contributed by atoms with van der Waals surface area (Å²) in [6, 6.07) is 11.9. The molecule has 0 radical (unpaired) electrons. The molecule has 1 saturated heterocycles. The largest absolute Gasteiger partial charge is 0.329 e. The van der Waals surface area contributed by atoms with E-state index in [9.17, 15) is 4.79 Å². The first-order valence-corrected chi connectivity index (χ1v) is 7.72. The Bertz CT molecular complexity index is 721. The maximum Gasteiger partial charge on any atom is 0.298 e. The number of amides is 1. The maximum absolute atomic E-state index is 12.1. The molecule has 2 heterocycles. The second-order valence-electron chi connectivity index (χ2n) is 5.66. The first kappa shape index (κ1) is 15.3. The molecule has 0 aliphatic carbocycles. The second-order valence-corrected chi connectivity index (χ2v) is 5.66. The Balaban J connectivity index is 1.66. The molecule has 23 heavy (non-hydrogen) atoms. The van der Waals surface area contributed by atoms with Gasteiger partial charge in [0, 0.05) is 50.1 Å².